The van der Waals surface area contributed by atoms with Crippen LogP contribution in [0.2, 0.25) is 0 Å². The minimum Gasteiger partial charge on any atom is -0.357 e. The predicted octanol–water partition coefficient (Wildman–Crippen LogP) is 2.75. The molecule has 2 aromatic rings. The van der Waals surface area contributed by atoms with Crippen LogP contribution < -0.4 is 10.6 Å². The molecule has 2 heterocycles. The molecule has 0 amide bonds. The third-order valence-electron chi connectivity index (χ3n) is 4.80. The van der Waals surface area contributed by atoms with Gasteiger partial charge in [0.2, 0.25) is 0 Å². The fourth-order valence-electron chi connectivity index (χ4n) is 3.11. The SMILES string of the molecule is CCNC(=NCc1ccc(CN2CCN(C)CC2)cc1)NCc1cccs1. The highest BCUT2D eigenvalue weighted by Gasteiger charge is 2.13. The zero-order valence-electron chi connectivity index (χ0n) is 16.4. The predicted molar refractivity (Wildman–Crippen MR) is 115 cm³/mol. The standard InChI is InChI=1S/C21H31N5S/c1-3-22-21(24-16-20-5-4-14-27-20)23-15-18-6-8-19(9-7-18)17-26-12-10-25(2)11-13-26/h4-9,14H,3,10-13,15-17H2,1-2H3,(H2,22,23,24). The van der Waals surface area contributed by atoms with E-state index < -0.39 is 0 Å². The van der Waals surface area contributed by atoms with Crippen LogP contribution in [-0.2, 0) is 19.6 Å². The van der Waals surface area contributed by atoms with Crippen molar-refractivity contribution in [3.63, 3.8) is 0 Å². The fraction of sp³-hybridized carbons (Fsp3) is 0.476. The van der Waals surface area contributed by atoms with E-state index in [4.69, 9.17) is 4.99 Å². The van der Waals surface area contributed by atoms with Crippen molar-refractivity contribution in [3.05, 3.63) is 57.8 Å². The van der Waals surface area contributed by atoms with Gasteiger partial charge in [-0.2, -0.15) is 0 Å². The molecule has 5 nitrogen and oxygen atoms in total. The second-order valence-corrected chi connectivity index (χ2v) is 8.06. The van der Waals surface area contributed by atoms with Crippen LogP contribution in [0.1, 0.15) is 22.9 Å². The summed E-state index contributed by atoms with van der Waals surface area (Å²) in [6, 6.07) is 13.1. The number of thiophene rings is 1. The number of guanidine groups is 1. The van der Waals surface area contributed by atoms with Crippen LogP contribution >= 0.6 is 11.3 Å². The molecule has 146 valence electrons. The first kappa shape index (κ1) is 19.9. The number of nitrogens with zero attached hydrogens (tertiary/aromatic N) is 3. The molecule has 2 N–H and O–H groups in total. The molecule has 1 aromatic heterocycles. The Morgan fingerprint density at radius 3 is 2.44 bits per heavy atom. The highest BCUT2D eigenvalue weighted by atomic mass is 32.1. The topological polar surface area (TPSA) is 42.9 Å². The van der Waals surface area contributed by atoms with E-state index in [1.807, 2.05) is 0 Å². The maximum Gasteiger partial charge on any atom is 0.191 e. The van der Waals surface area contributed by atoms with E-state index in [2.05, 4.69) is 76.2 Å². The van der Waals surface area contributed by atoms with Crippen molar-refractivity contribution in [2.45, 2.75) is 26.6 Å². The van der Waals surface area contributed by atoms with Crippen LogP contribution in [0, 0.1) is 0 Å². The second-order valence-electron chi connectivity index (χ2n) is 7.02. The van der Waals surface area contributed by atoms with E-state index >= 15 is 0 Å². The molecular weight excluding hydrogens is 354 g/mol. The van der Waals surface area contributed by atoms with Crippen LogP contribution in [0.4, 0.5) is 0 Å². The van der Waals surface area contributed by atoms with Gasteiger partial charge in [0.25, 0.3) is 0 Å². The Hall–Kier alpha value is -1.89. The van der Waals surface area contributed by atoms with Gasteiger partial charge in [-0.1, -0.05) is 30.3 Å². The lowest BCUT2D eigenvalue weighted by Crippen LogP contribution is -2.43. The summed E-state index contributed by atoms with van der Waals surface area (Å²) in [5.41, 5.74) is 2.63. The number of hydrogen-bond acceptors (Lipinski definition) is 4. The number of nitrogens with one attached hydrogen (secondary N) is 2. The maximum atomic E-state index is 4.72. The van der Waals surface area contributed by atoms with Gasteiger partial charge in [-0.3, -0.25) is 4.90 Å². The van der Waals surface area contributed by atoms with Crippen molar-refractivity contribution in [2.24, 2.45) is 4.99 Å². The van der Waals surface area contributed by atoms with Gasteiger partial charge in [0.15, 0.2) is 5.96 Å². The number of aliphatic imine (C=N–C) groups is 1. The zero-order chi connectivity index (χ0) is 18.9. The molecule has 0 atom stereocenters. The van der Waals surface area contributed by atoms with Crippen molar-refractivity contribution in [1.29, 1.82) is 0 Å². The largest absolute Gasteiger partial charge is 0.357 e. The van der Waals surface area contributed by atoms with E-state index in [-0.39, 0.29) is 0 Å². The quantitative estimate of drug-likeness (QED) is 0.568. The zero-order valence-corrected chi connectivity index (χ0v) is 17.3. The molecule has 27 heavy (non-hydrogen) atoms. The molecule has 0 spiro atoms. The van der Waals surface area contributed by atoms with Crippen LogP contribution in [-0.4, -0.2) is 55.5 Å². The minimum absolute atomic E-state index is 0.689. The summed E-state index contributed by atoms with van der Waals surface area (Å²) in [4.78, 5) is 11.0. The van der Waals surface area contributed by atoms with Crippen LogP contribution in [0.5, 0.6) is 0 Å². The van der Waals surface area contributed by atoms with Gasteiger partial charge in [-0.25, -0.2) is 4.99 Å². The van der Waals surface area contributed by atoms with Gasteiger partial charge in [-0.05, 0) is 36.5 Å². The maximum absolute atomic E-state index is 4.72. The van der Waals surface area contributed by atoms with Gasteiger partial charge >= 0.3 is 0 Å². The number of benzene rings is 1. The number of likely N-dealkylation sites (N-methyl/N-ethyl adjacent to an activating group) is 1. The Labute approximate surface area is 167 Å². The summed E-state index contributed by atoms with van der Waals surface area (Å²) in [6.45, 7) is 10.1. The first-order chi connectivity index (χ1) is 13.2. The molecule has 0 unspecified atom stereocenters. The van der Waals surface area contributed by atoms with Crippen molar-refractivity contribution in [1.82, 2.24) is 20.4 Å². The van der Waals surface area contributed by atoms with E-state index in [9.17, 15) is 0 Å². The van der Waals surface area contributed by atoms with Gasteiger partial charge in [0.05, 0.1) is 13.1 Å². The first-order valence-electron chi connectivity index (χ1n) is 9.76. The molecule has 3 rings (SSSR count). The molecule has 0 bridgehead atoms. The third kappa shape index (κ3) is 6.65. The normalized spacial score (nSPS) is 16.4. The van der Waals surface area contributed by atoms with Crippen molar-refractivity contribution in [2.75, 3.05) is 39.8 Å². The highest BCUT2D eigenvalue weighted by molar-refractivity contribution is 7.09. The number of rotatable bonds is 7. The fourth-order valence-corrected chi connectivity index (χ4v) is 3.75. The molecule has 1 aliphatic rings. The van der Waals surface area contributed by atoms with Gasteiger partial charge < -0.3 is 15.5 Å². The van der Waals surface area contributed by atoms with E-state index in [1.54, 1.807) is 11.3 Å². The van der Waals surface area contributed by atoms with Gasteiger partial charge in [-0.15, -0.1) is 11.3 Å². The average molecular weight is 386 g/mol. The monoisotopic (exact) mass is 385 g/mol. The summed E-state index contributed by atoms with van der Waals surface area (Å²) >= 11 is 1.76. The Kier molecular flexibility index (Phi) is 7.68. The Bertz CT molecular complexity index is 688. The molecule has 6 heteroatoms. The Morgan fingerprint density at radius 1 is 1.04 bits per heavy atom. The molecule has 1 aromatic carbocycles. The highest BCUT2D eigenvalue weighted by Crippen LogP contribution is 2.11. The number of piperazine rings is 1. The summed E-state index contributed by atoms with van der Waals surface area (Å²) in [6.07, 6.45) is 0. The van der Waals surface area contributed by atoms with Crippen LogP contribution in [0.3, 0.4) is 0 Å². The van der Waals surface area contributed by atoms with E-state index in [0.717, 1.165) is 38.7 Å². The number of hydrogen-bond donors (Lipinski definition) is 2. The summed E-state index contributed by atoms with van der Waals surface area (Å²) in [5, 5.41) is 8.82. The summed E-state index contributed by atoms with van der Waals surface area (Å²) < 4.78 is 0. The Morgan fingerprint density at radius 2 is 1.78 bits per heavy atom. The molecule has 0 saturated carbocycles. The van der Waals surface area contributed by atoms with E-state index in [0.29, 0.717) is 6.54 Å². The molecule has 0 radical (unpaired) electrons. The van der Waals surface area contributed by atoms with Gasteiger partial charge in [0, 0.05) is 44.1 Å². The second kappa shape index (κ2) is 10.4. The molecular formula is C21H31N5S. The third-order valence-corrected chi connectivity index (χ3v) is 5.68. The lowest BCUT2D eigenvalue weighted by molar-refractivity contribution is 0.148. The molecule has 1 saturated heterocycles. The summed E-state index contributed by atoms with van der Waals surface area (Å²) in [5.74, 6) is 0.868. The van der Waals surface area contributed by atoms with Crippen molar-refractivity contribution < 1.29 is 0 Å². The summed E-state index contributed by atoms with van der Waals surface area (Å²) in [7, 11) is 2.20. The molecule has 1 fully saturated rings. The molecule has 1 aliphatic heterocycles. The molecule has 0 aliphatic carbocycles. The van der Waals surface area contributed by atoms with E-state index in [1.165, 1.54) is 29.1 Å². The Balaban J connectivity index is 1.50. The van der Waals surface area contributed by atoms with Crippen LogP contribution in [0.15, 0.2) is 46.8 Å². The van der Waals surface area contributed by atoms with Crippen molar-refractivity contribution in [3.8, 4) is 0 Å². The minimum atomic E-state index is 0.689. The lowest BCUT2D eigenvalue weighted by Gasteiger charge is -2.32. The average Bonchev–Trinajstić information content (AvgIpc) is 3.21. The smallest absolute Gasteiger partial charge is 0.191 e. The van der Waals surface area contributed by atoms with Gasteiger partial charge in [0.1, 0.15) is 0 Å². The lowest BCUT2D eigenvalue weighted by atomic mass is 10.1. The van der Waals surface area contributed by atoms with Crippen LogP contribution in [0.25, 0.3) is 0 Å². The first-order valence-corrected chi connectivity index (χ1v) is 10.6. The van der Waals surface area contributed by atoms with Crippen molar-refractivity contribution >= 4 is 17.3 Å².